The molecule has 0 aliphatic carbocycles. The number of hydrogen-bond donors (Lipinski definition) is 2. The molecular formula is C22H27IN4O3. The Labute approximate surface area is 193 Å². The first kappa shape index (κ1) is 23.5. The van der Waals surface area contributed by atoms with Gasteiger partial charge in [-0.25, -0.2) is 9.98 Å². The largest absolute Gasteiger partial charge is 0.497 e. The Kier molecular flexibility index (Phi) is 9.99. The molecule has 2 aromatic heterocycles. The number of pyridine rings is 1. The Morgan fingerprint density at radius 1 is 1.10 bits per heavy atom. The summed E-state index contributed by atoms with van der Waals surface area (Å²) in [6.07, 6.45) is 4.25. The average molecular weight is 522 g/mol. The van der Waals surface area contributed by atoms with Gasteiger partial charge in [-0.3, -0.25) is 0 Å². The van der Waals surface area contributed by atoms with Gasteiger partial charge in [-0.05, 0) is 36.8 Å². The lowest BCUT2D eigenvalue weighted by Crippen LogP contribution is -2.38. The number of rotatable bonds is 9. The van der Waals surface area contributed by atoms with Gasteiger partial charge in [0, 0.05) is 37.8 Å². The topological polar surface area (TPSA) is 80.9 Å². The van der Waals surface area contributed by atoms with E-state index < -0.39 is 0 Å². The van der Waals surface area contributed by atoms with Crippen molar-refractivity contribution in [2.45, 2.75) is 19.9 Å². The van der Waals surface area contributed by atoms with Crippen LogP contribution in [0.15, 0.2) is 70.4 Å². The summed E-state index contributed by atoms with van der Waals surface area (Å²) in [7, 11) is 1.63. The highest BCUT2D eigenvalue weighted by atomic mass is 127. The molecule has 3 aromatic rings. The zero-order valence-electron chi connectivity index (χ0n) is 17.1. The van der Waals surface area contributed by atoms with Crippen molar-refractivity contribution in [1.82, 2.24) is 15.6 Å². The number of halogens is 1. The molecule has 2 heterocycles. The van der Waals surface area contributed by atoms with Gasteiger partial charge in [0.25, 0.3) is 0 Å². The number of hydrogen-bond acceptors (Lipinski definition) is 5. The van der Waals surface area contributed by atoms with Crippen LogP contribution < -0.4 is 20.1 Å². The number of methoxy groups -OCH3 is 1. The van der Waals surface area contributed by atoms with E-state index in [-0.39, 0.29) is 24.0 Å². The molecule has 0 radical (unpaired) electrons. The molecule has 0 saturated heterocycles. The van der Waals surface area contributed by atoms with Crippen molar-refractivity contribution < 1.29 is 13.9 Å². The van der Waals surface area contributed by atoms with Crippen LogP contribution >= 0.6 is 24.0 Å². The zero-order valence-corrected chi connectivity index (χ0v) is 19.5. The molecule has 0 aliphatic heterocycles. The normalized spacial score (nSPS) is 10.8. The third-order valence-corrected chi connectivity index (χ3v) is 4.07. The number of aliphatic imine (C=N–C) groups is 1. The van der Waals surface area contributed by atoms with Gasteiger partial charge in [0.05, 0.1) is 19.9 Å². The Hall–Kier alpha value is -2.75. The second-order valence-electron chi connectivity index (χ2n) is 6.24. The fraction of sp³-hybridized carbons (Fsp3) is 0.273. The van der Waals surface area contributed by atoms with Crippen molar-refractivity contribution >= 4 is 29.9 Å². The molecule has 0 fully saturated rings. The van der Waals surface area contributed by atoms with Gasteiger partial charge in [-0.2, -0.15) is 0 Å². The third-order valence-electron chi connectivity index (χ3n) is 4.07. The Morgan fingerprint density at radius 2 is 1.97 bits per heavy atom. The van der Waals surface area contributed by atoms with Crippen molar-refractivity contribution in [2.75, 3.05) is 20.2 Å². The zero-order chi connectivity index (χ0) is 20.3. The van der Waals surface area contributed by atoms with Crippen molar-refractivity contribution in [2.24, 2.45) is 4.99 Å². The van der Waals surface area contributed by atoms with Crippen LogP contribution in [0, 0.1) is 0 Å². The molecule has 7 nitrogen and oxygen atoms in total. The number of nitrogens with zero attached hydrogens (tertiary/aromatic N) is 2. The Balaban J connectivity index is 0.00000320. The van der Waals surface area contributed by atoms with Gasteiger partial charge in [0.15, 0.2) is 5.96 Å². The molecule has 0 spiro atoms. The van der Waals surface area contributed by atoms with E-state index in [0.717, 1.165) is 42.5 Å². The summed E-state index contributed by atoms with van der Waals surface area (Å²) in [5.74, 6) is 3.65. The fourth-order valence-corrected chi connectivity index (χ4v) is 2.62. The summed E-state index contributed by atoms with van der Waals surface area (Å²) in [5.41, 5.74) is 0.992. The molecule has 0 aliphatic rings. The van der Waals surface area contributed by atoms with Gasteiger partial charge in [0.1, 0.15) is 17.3 Å². The Bertz CT molecular complexity index is 899. The molecule has 1 aromatic carbocycles. The molecule has 8 heteroatoms. The van der Waals surface area contributed by atoms with Gasteiger partial charge >= 0.3 is 0 Å². The maximum absolute atomic E-state index is 5.77. The van der Waals surface area contributed by atoms with E-state index in [2.05, 4.69) is 20.6 Å². The lowest BCUT2D eigenvalue weighted by molar-refractivity contribution is 0.407. The van der Waals surface area contributed by atoms with Crippen LogP contribution in [0.1, 0.15) is 18.2 Å². The van der Waals surface area contributed by atoms with Gasteiger partial charge in [-0.1, -0.05) is 12.1 Å². The number of ether oxygens (including phenoxy) is 2. The fourth-order valence-electron chi connectivity index (χ4n) is 2.62. The molecule has 2 N–H and O–H groups in total. The van der Waals surface area contributed by atoms with Crippen LogP contribution in [0.25, 0.3) is 0 Å². The highest BCUT2D eigenvalue weighted by Gasteiger charge is 2.03. The van der Waals surface area contributed by atoms with Crippen molar-refractivity contribution in [3.05, 3.63) is 72.3 Å². The quantitative estimate of drug-likeness (QED) is 0.247. The minimum absolute atomic E-state index is 0. The van der Waals surface area contributed by atoms with Crippen LogP contribution in [0.2, 0.25) is 0 Å². The lowest BCUT2D eigenvalue weighted by atomic mass is 10.3. The van der Waals surface area contributed by atoms with Gasteiger partial charge in [-0.15, -0.1) is 24.0 Å². The van der Waals surface area contributed by atoms with E-state index in [1.165, 1.54) is 0 Å². The highest BCUT2D eigenvalue weighted by molar-refractivity contribution is 14.0. The number of benzene rings is 1. The second-order valence-corrected chi connectivity index (χ2v) is 6.24. The first-order valence-electron chi connectivity index (χ1n) is 9.58. The summed E-state index contributed by atoms with van der Waals surface area (Å²) in [4.78, 5) is 8.97. The number of aromatic nitrogens is 1. The average Bonchev–Trinajstić information content (AvgIpc) is 3.27. The van der Waals surface area contributed by atoms with E-state index in [1.54, 1.807) is 19.6 Å². The SMILES string of the molecule is CCNC(=NCc1ccc(Oc2cccc(OC)c2)nc1)NCCc1ccco1.I. The van der Waals surface area contributed by atoms with Crippen LogP contribution in [0.3, 0.4) is 0 Å². The van der Waals surface area contributed by atoms with E-state index in [1.807, 2.05) is 55.5 Å². The molecule has 30 heavy (non-hydrogen) atoms. The number of nitrogens with one attached hydrogen (secondary N) is 2. The molecule has 0 amide bonds. The summed E-state index contributed by atoms with van der Waals surface area (Å²) in [5, 5.41) is 6.55. The van der Waals surface area contributed by atoms with E-state index in [4.69, 9.17) is 13.9 Å². The first-order valence-corrected chi connectivity index (χ1v) is 9.58. The van der Waals surface area contributed by atoms with Crippen LogP contribution in [-0.4, -0.2) is 31.1 Å². The first-order chi connectivity index (χ1) is 14.3. The maximum atomic E-state index is 5.77. The van der Waals surface area contributed by atoms with E-state index >= 15 is 0 Å². The van der Waals surface area contributed by atoms with Crippen molar-refractivity contribution in [3.8, 4) is 17.4 Å². The summed E-state index contributed by atoms with van der Waals surface area (Å²) in [6, 6.07) is 15.1. The summed E-state index contributed by atoms with van der Waals surface area (Å²) >= 11 is 0. The molecule has 0 saturated carbocycles. The second kappa shape index (κ2) is 12.7. The predicted molar refractivity (Wildman–Crippen MR) is 128 cm³/mol. The van der Waals surface area contributed by atoms with Crippen LogP contribution in [-0.2, 0) is 13.0 Å². The lowest BCUT2D eigenvalue weighted by Gasteiger charge is -2.11. The maximum Gasteiger partial charge on any atom is 0.219 e. The molecule has 160 valence electrons. The standard InChI is InChI=1S/C22H26N4O3.HI/c1-3-23-22(24-12-11-18-8-5-13-28-18)26-16-17-9-10-21(25-15-17)29-20-7-4-6-19(14-20)27-2;/h4-10,13-15H,3,11-12,16H2,1-2H3,(H2,23,24,26);1H. The minimum atomic E-state index is 0. The van der Waals surface area contributed by atoms with Crippen molar-refractivity contribution in [3.63, 3.8) is 0 Å². The van der Waals surface area contributed by atoms with Crippen LogP contribution in [0.5, 0.6) is 17.4 Å². The molecule has 3 rings (SSSR count). The highest BCUT2D eigenvalue weighted by Crippen LogP contribution is 2.23. The Morgan fingerprint density at radius 3 is 2.67 bits per heavy atom. The summed E-state index contributed by atoms with van der Waals surface area (Å²) in [6.45, 7) is 4.08. The smallest absolute Gasteiger partial charge is 0.219 e. The van der Waals surface area contributed by atoms with Crippen LogP contribution in [0.4, 0.5) is 0 Å². The molecule has 0 bridgehead atoms. The predicted octanol–water partition coefficient (Wildman–Crippen LogP) is 4.39. The third kappa shape index (κ3) is 7.58. The van der Waals surface area contributed by atoms with Crippen molar-refractivity contribution in [1.29, 1.82) is 0 Å². The molecule has 0 unspecified atom stereocenters. The molecular weight excluding hydrogens is 495 g/mol. The number of guanidine groups is 1. The summed E-state index contributed by atoms with van der Waals surface area (Å²) < 4.78 is 16.3. The van der Waals surface area contributed by atoms with E-state index in [9.17, 15) is 0 Å². The molecule has 0 atom stereocenters. The van der Waals surface area contributed by atoms with E-state index in [0.29, 0.717) is 18.2 Å². The monoisotopic (exact) mass is 522 g/mol. The van der Waals surface area contributed by atoms with Gasteiger partial charge < -0.3 is 24.5 Å². The minimum Gasteiger partial charge on any atom is -0.497 e. The number of furan rings is 1. The van der Waals surface area contributed by atoms with Gasteiger partial charge in [0.2, 0.25) is 5.88 Å².